The molecule has 0 saturated carbocycles. The van der Waals surface area contributed by atoms with Crippen molar-refractivity contribution < 1.29 is 22.7 Å². The first-order valence-corrected chi connectivity index (χ1v) is 8.68. The molecule has 29 heavy (non-hydrogen) atoms. The molecule has 0 radical (unpaired) electrons. The maximum absolute atomic E-state index is 12.7. The van der Waals surface area contributed by atoms with Gasteiger partial charge in [0.15, 0.2) is 0 Å². The van der Waals surface area contributed by atoms with E-state index in [2.05, 4.69) is 15.6 Å². The highest BCUT2D eigenvalue weighted by molar-refractivity contribution is 6.07. The molecule has 0 unspecified atom stereocenters. The number of methoxy groups -OCH3 is 1. The van der Waals surface area contributed by atoms with Crippen LogP contribution in [0.15, 0.2) is 66.9 Å². The highest BCUT2D eigenvalue weighted by atomic mass is 19.4. The van der Waals surface area contributed by atoms with E-state index in [1.807, 2.05) is 24.3 Å². The van der Waals surface area contributed by atoms with E-state index >= 15 is 0 Å². The molecule has 0 aliphatic carbocycles. The average molecular weight is 401 g/mol. The second kappa shape index (κ2) is 8.64. The van der Waals surface area contributed by atoms with Crippen molar-refractivity contribution in [3.63, 3.8) is 0 Å². The van der Waals surface area contributed by atoms with Gasteiger partial charge in [-0.1, -0.05) is 18.2 Å². The van der Waals surface area contributed by atoms with Crippen LogP contribution >= 0.6 is 0 Å². The first-order valence-electron chi connectivity index (χ1n) is 8.68. The molecule has 8 heteroatoms. The molecule has 0 fully saturated rings. The van der Waals surface area contributed by atoms with E-state index in [0.29, 0.717) is 18.1 Å². The fourth-order valence-electron chi connectivity index (χ4n) is 2.70. The molecule has 1 aromatic heterocycles. The van der Waals surface area contributed by atoms with Crippen LogP contribution in [0, 0.1) is 0 Å². The minimum atomic E-state index is -4.43. The molecule has 1 amide bonds. The second-order valence-corrected chi connectivity index (χ2v) is 6.09. The number of carbonyl (C=O) groups excluding carboxylic acids is 1. The number of halogens is 3. The van der Waals surface area contributed by atoms with Crippen molar-refractivity contribution in [2.45, 2.75) is 12.7 Å². The average Bonchev–Trinajstić information content (AvgIpc) is 2.72. The number of aromatic nitrogens is 1. The van der Waals surface area contributed by atoms with Gasteiger partial charge in [0, 0.05) is 24.0 Å². The lowest BCUT2D eigenvalue weighted by Crippen LogP contribution is -2.16. The van der Waals surface area contributed by atoms with E-state index < -0.39 is 17.6 Å². The molecule has 0 atom stereocenters. The molecule has 5 nitrogen and oxygen atoms in total. The normalized spacial score (nSPS) is 11.0. The van der Waals surface area contributed by atoms with Crippen molar-refractivity contribution in [2.24, 2.45) is 0 Å². The molecule has 3 aromatic rings. The van der Waals surface area contributed by atoms with Crippen LogP contribution in [-0.4, -0.2) is 18.0 Å². The molecule has 0 aliphatic heterocycles. The second-order valence-electron chi connectivity index (χ2n) is 6.09. The van der Waals surface area contributed by atoms with Crippen LogP contribution < -0.4 is 15.4 Å². The van der Waals surface area contributed by atoms with Crippen molar-refractivity contribution in [1.29, 1.82) is 0 Å². The molecule has 0 saturated heterocycles. The minimum absolute atomic E-state index is 0.252. The van der Waals surface area contributed by atoms with E-state index in [1.165, 1.54) is 12.1 Å². The Hall–Kier alpha value is -3.55. The monoisotopic (exact) mass is 401 g/mol. The van der Waals surface area contributed by atoms with Crippen molar-refractivity contribution in [3.8, 4) is 5.75 Å². The number of amides is 1. The van der Waals surface area contributed by atoms with E-state index in [-0.39, 0.29) is 11.3 Å². The van der Waals surface area contributed by atoms with Crippen LogP contribution in [0.3, 0.4) is 0 Å². The first kappa shape index (κ1) is 20.2. The topological polar surface area (TPSA) is 63.2 Å². The fraction of sp³-hybridized carbons (Fsp3) is 0.143. The summed E-state index contributed by atoms with van der Waals surface area (Å²) in [5, 5.41) is 5.69. The van der Waals surface area contributed by atoms with Crippen molar-refractivity contribution >= 4 is 17.4 Å². The van der Waals surface area contributed by atoms with E-state index in [9.17, 15) is 18.0 Å². The maximum atomic E-state index is 12.7. The largest absolute Gasteiger partial charge is 0.496 e. The number of hydrogen-bond acceptors (Lipinski definition) is 4. The number of nitrogens with zero attached hydrogens (tertiary/aromatic N) is 1. The van der Waals surface area contributed by atoms with Gasteiger partial charge in [-0.2, -0.15) is 13.2 Å². The Morgan fingerprint density at radius 2 is 1.76 bits per heavy atom. The van der Waals surface area contributed by atoms with Crippen LogP contribution in [0.25, 0.3) is 0 Å². The molecule has 2 aromatic carbocycles. The lowest BCUT2D eigenvalue weighted by Gasteiger charge is -2.13. The molecule has 0 spiro atoms. The molecule has 1 heterocycles. The Morgan fingerprint density at radius 1 is 1.03 bits per heavy atom. The molecule has 3 rings (SSSR count). The number of ether oxygens (including phenoxy) is 1. The highest BCUT2D eigenvalue weighted by Gasteiger charge is 2.30. The Morgan fingerprint density at radius 3 is 2.45 bits per heavy atom. The molecular weight excluding hydrogens is 383 g/mol. The first-order chi connectivity index (χ1) is 13.9. The number of anilines is 2. The van der Waals surface area contributed by atoms with Gasteiger partial charge in [0.25, 0.3) is 5.91 Å². The highest BCUT2D eigenvalue weighted by Crippen LogP contribution is 2.30. The van der Waals surface area contributed by atoms with Gasteiger partial charge in [-0.15, -0.1) is 0 Å². The van der Waals surface area contributed by atoms with Crippen LogP contribution in [0.1, 0.15) is 21.5 Å². The maximum Gasteiger partial charge on any atom is 0.416 e. The van der Waals surface area contributed by atoms with Crippen molar-refractivity contribution in [3.05, 3.63) is 83.6 Å². The van der Waals surface area contributed by atoms with Gasteiger partial charge >= 0.3 is 6.18 Å². The summed E-state index contributed by atoms with van der Waals surface area (Å²) in [5.74, 6) is 0.565. The van der Waals surface area contributed by atoms with Gasteiger partial charge in [-0.25, -0.2) is 4.98 Å². The number of pyridine rings is 1. The summed E-state index contributed by atoms with van der Waals surface area (Å²) in [6, 6.07) is 14.9. The summed E-state index contributed by atoms with van der Waals surface area (Å²) in [6.07, 6.45) is -2.89. The number of para-hydroxylation sites is 1. The van der Waals surface area contributed by atoms with Gasteiger partial charge in [-0.05, 0) is 42.5 Å². The molecule has 2 N–H and O–H groups in total. The standard InChI is InChI=1S/C21H18F3N3O2/c1-29-18-7-3-2-5-14(18)13-26-19-17(6-4-12-25-19)20(28)27-16-10-8-15(9-11-16)21(22,23)24/h2-12H,13H2,1H3,(H,25,26)(H,27,28). The predicted molar refractivity (Wildman–Crippen MR) is 104 cm³/mol. The summed E-state index contributed by atoms with van der Waals surface area (Å²) >= 11 is 0. The molecular formula is C21H18F3N3O2. The van der Waals surface area contributed by atoms with Gasteiger partial charge in [0.1, 0.15) is 11.6 Å². The molecule has 0 aliphatic rings. The van der Waals surface area contributed by atoms with Gasteiger partial charge < -0.3 is 15.4 Å². The van der Waals surface area contributed by atoms with E-state index in [0.717, 1.165) is 17.7 Å². The third kappa shape index (κ3) is 5.04. The van der Waals surface area contributed by atoms with Crippen LogP contribution in [0.4, 0.5) is 24.7 Å². The Bertz CT molecular complexity index is 989. The lowest BCUT2D eigenvalue weighted by molar-refractivity contribution is -0.137. The summed E-state index contributed by atoms with van der Waals surface area (Å²) in [5.41, 5.74) is 0.621. The SMILES string of the molecule is COc1ccccc1CNc1ncccc1C(=O)Nc1ccc(C(F)(F)F)cc1. The van der Waals surface area contributed by atoms with Crippen molar-refractivity contribution in [1.82, 2.24) is 4.98 Å². The number of carbonyl (C=O) groups is 1. The van der Waals surface area contributed by atoms with Crippen LogP contribution in [0.2, 0.25) is 0 Å². The Labute approximate surface area is 165 Å². The third-order valence-corrected chi connectivity index (χ3v) is 4.16. The molecule has 0 bridgehead atoms. The smallest absolute Gasteiger partial charge is 0.416 e. The van der Waals surface area contributed by atoms with E-state index in [4.69, 9.17) is 4.74 Å². The number of hydrogen-bond donors (Lipinski definition) is 2. The molecule has 150 valence electrons. The Balaban J connectivity index is 1.73. The summed E-state index contributed by atoms with van der Waals surface area (Å²) < 4.78 is 43.3. The number of alkyl halides is 3. The van der Waals surface area contributed by atoms with E-state index in [1.54, 1.807) is 25.4 Å². The fourth-order valence-corrected chi connectivity index (χ4v) is 2.70. The van der Waals surface area contributed by atoms with Crippen molar-refractivity contribution in [2.75, 3.05) is 17.7 Å². The quantitative estimate of drug-likeness (QED) is 0.612. The minimum Gasteiger partial charge on any atom is -0.496 e. The number of nitrogens with one attached hydrogen (secondary N) is 2. The third-order valence-electron chi connectivity index (χ3n) is 4.16. The van der Waals surface area contributed by atoms with Gasteiger partial charge in [-0.3, -0.25) is 4.79 Å². The zero-order valence-corrected chi connectivity index (χ0v) is 15.5. The van der Waals surface area contributed by atoms with Crippen LogP contribution in [0.5, 0.6) is 5.75 Å². The zero-order chi connectivity index (χ0) is 20.9. The predicted octanol–water partition coefficient (Wildman–Crippen LogP) is 4.97. The van der Waals surface area contributed by atoms with Crippen LogP contribution in [-0.2, 0) is 12.7 Å². The summed E-state index contributed by atoms with van der Waals surface area (Å²) in [4.78, 5) is 16.8. The zero-order valence-electron chi connectivity index (χ0n) is 15.5. The number of benzene rings is 2. The number of rotatable bonds is 6. The lowest BCUT2D eigenvalue weighted by atomic mass is 10.1. The summed E-state index contributed by atoms with van der Waals surface area (Å²) in [7, 11) is 1.57. The Kier molecular flexibility index (Phi) is 6.01. The summed E-state index contributed by atoms with van der Waals surface area (Å²) in [6.45, 7) is 0.377. The van der Waals surface area contributed by atoms with Gasteiger partial charge in [0.2, 0.25) is 0 Å². The van der Waals surface area contributed by atoms with Gasteiger partial charge in [0.05, 0.1) is 18.2 Å².